The smallest absolute Gasteiger partial charge is 0.337 e. The molecule has 2 aromatic rings. The monoisotopic (exact) mass is 269 g/mol. The SMILES string of the molecule is COC(=O)c1cccc(NCc2cc(C)ccc2C)c1. The van der Waals surface area contributed by atoms with Gasteiger partial charge in [-0.2, -0.15) is 0 Å². The van der Waals surface area contributed by atoms with Gasteiger partial charge in [0, 0.05) is 12.2 Å². The fourth-order valence-electron chi connectivity index (χ4n) is 2.06. The van der Waals surface area contributed by atoms with Crippen molar-refractivity contribution in [2.45, 2.75) is 20.4 Å². The molecule has 3 heteroatoms. The van der Waals surface area contributed by atoms with Crippen LogP contribution < -0.4 is 5.32 Å². The van der Waals surface area contributed by atoms with Crippen molar-refractivity contribution in [1.29, 1.82) is 0 Å². The first-order chi connectivity index (χ1) is 9.60. The number of methoxy groups -OCH3 is 1. The van der Waals surface area contributed by atoms with Crippen LogP contribution in [0.25, 0.3) is 0 Å². The highest BCUT2D eigenvalue weighted by molar-refractivity contribution is 5.90. The van der Waals surface area contributed by atoms with Crippen LogP contribution in [-0.4, -0.2) is 13.1 Å². The summed E-state index contributed by atoms with van der Waals surface area (Å²) in [5.41, 5.74) is 5.23. The van der Waals surface area contributed by atoms with Gasteiger partial charge in [0.25, 0.3) is 0 Å². The molecular formula is C17H19NO2. The van der Waals surface area contributed by atoms with Crippen LogP contribution in [-0.2, 0) is 11.3 Å². The zero-order valence-corrected chi connectivity index (χ0v) is 12.1. The van der Waals surface area contributed by atoms with E-state index in [1.165, 1.54) is 23.8 Å². The van der Waals surface area contributed by atoms with Crippen molar-refractivity contribution in [2.24, 2.45) is 0 Å². The predicted octanol–water partition coefficient (Wildman–Crippen LogP) is 3.70. The van der Waals surface area contributed by atoms with Gasteiger partial charge >= 0.3 is 5.97 Å². The van der Waals surface area contributed by atoms with E-state index in [-0.39, 0.29) is 5.97 Å². The van der Waals surface area contributed by atoms with Gasteiger partial charge in [-0.25, -0.2) is 4.79 Å². The van der Waals surface area contributed by atoms with Crippen molar-refractivity contribution in [2.75, 3.05) is 12.4 Å². The maximum Gasteiger partial charge on any atom is 0.337 e. The van der Waals surface area contributed by atoms with Gasteiger partial charge in [-0.05, 0) is 43.2 Å². The molecule has 0 saturated carbocycles. The van der Waals surface area contributed by atoms with Gasteiger partial charge in [0.2, 0.25) is 0 Å². The summed E-state index contributed by atoms with van der Waals surface area (Å²) >= 11 is 0. The third-order valence-electron chi connectivity index (χ3n) is 3.27. The summed E-state index contributed by atoms with van der Waals surface area (Å²) in [5, 5.41) is 3.34. The van der Waals surface area contributed by atoms with E-state index in [2.05, 4.69) is 37.4 Å². The number of carbonyl (C=O) groups is 1. The van der Waals surface area contributed by atoms with Crippen LogP contribution in [0.2, 0.25) is 0 Å². The molecule has 0 bridgehead atoms. The lowest BCUT2D eigenvalue weighted by molar-refractivity contribution is 0.0601. The molecule has 0 amide bonds. The van der Waals surface area contributed by atoms with Crippen molar-refractivity contribution in [3.8, 4) is 0 Å². The minimum absolute atomic E-state index is 0.319. The summed E-state index contributed by atoms with van der Waals surface area (Å²) in [6, 6.07) is 13.7. The third-order valence-corrected chi connectivity index (χ3v) is 3.27. The number of anilines is 1. The van der Waals surface area contributed by atoms with Crippen molar-refractivity contribution in [1.82, 2.24) is 0 Å². The first kappa shape index (κ1) is 14.1. The first-order valence-corrected chi connectivity index (χ1v) is 6.58. The van der Waals surface area contributed by atoms with Gasteiger partial charge in [-0.3, -0.25) is 0 Å². The molecule has 0 spiro atoms. The predicted molar refractivity (Wildman–Crippen MR) is 81.0 cm³/mol. The Kier molecular flexibility index (Phi) is 4.41. The zero-order valence-electron chi connectivity index (χ0n) is 12.1. The first-order valence-electron chi connectivity index (χ1n) is 6.58. The van der Waals surface area contributed by atoms with Crippen LogP contribution in [0.5, 0.6) is 0 Å². The second-order valence-electron chi connectivity index (χ2n) is 4.86. The van der Waals surface area contributed by atoms with Gasteiger partial charge in [0.15, 0.2) is 0 Å². The Labute approximate surface area is 119 Å². The molecular weight excluding hydrogens is 250 g/mol. The second kappa shape index (κ2) is 6.24. The Morgan fingerprint density at radius 2 is 1.95 bits per heavy atom. The normalized spacial score (nSPS) is 10.2. The van der Waals surface area contributed by atoms with Gasteiger partial charge in [-0.15, -0.1) is 0 Å². The Morgan fingerprint density at radius 3 is 2.70 bits per heavy atom. The fraction of sp³-hybridized carbons (Fsp3) is 0.235. The van der Waals surface area contributed by atoms with Gasteiger partial charge in [0.05, 0.1) is 12.7 Å². The Morgan fingerprint density at radius 1 is 1.15 bits per heavy atom. The second-order valence-corrected chi connectivity index (χ2v) is 4.86. The number of esters is 1. The van der Waals surface area contributed by atoms with Crippen molar-refractivity contribution in [3.05, 3.63) is 64.7 Å². The summed E-state index contributed by atoms with van der Waals surface area (Å²) in [7, 11) is 1.39. The van der Waals surface area contributed by atoms with E-state index >= 15 is 0 Å². The third kappa shape index (κ3) is 3.38. The molecule has 104 valence electrons. The van der Waals surface area contributed by atoms with Crippen molar-refractivity contribution < 1.29 is 9.53 Å². The van der Waals surface area contributed by atoms with Crippen LogP contribution in [0.15, 0.2) is 42.5 Å². The average Bonchev–Trinajstić information content (AvgIpc) is 2.47. The molecule has 0 atom stereocenters. The fourth-order valence-corrected chi connectivity index (χ4v) is 2.06. The minimum Gasteiger partial charge on any atom is -0.465 e. The molecule has 0 fully saturated rings. The van der Waals surface area contributed by atoms with E-state index in [0.29, 0.717) is 5.56 Å². The van der Waals surface area contributed by atoms with Crippen LogP contribution >= 0.6 is 0 Å². The van der Waals surface area contributed by atoms with Crippen LogP contribution in [0.4, 0.5) is 5.69 Å². The molecule has 0 aliphatic carbocycles. The molecule has 20 heavy (non-hydrogen) atoms. The molecule has 0 heterocycles. The molecule has 0 aromatic heterocycles. The molecule has 0 radical (unpaired) electrons. The van der Waals surface area contributed by atoms with Crippen LogP contribution in [0, 0.1) is 13.8 Å². The van der Waals surface area contributed by atoms with E-state index in [9.17, 15) is 4.79 Å². The molecule has 2 aromatic carbocycles. The highest BCUT2D eigenvalue weighted by Gasteiger charge is 2.05. The van der Waals surface area contributed by atoms with Crippen molar-refractivity contribution in [3.63, 3.8) is 0 Å². The molecule has 2 rings (SSSR count). The summed E-state index contributed by atoms with van der Waals surface area (Å²) in [6.07, 6.45) is 0. The molecule has 0 unspecified atom stereocenters. The Balaban J connectivity index is 2.11. The number of carbonyl (C=O) groups excluding carboxylic acids is 1. The molecule has 1 N–H and O–H groups in total. The molecule has 0 aliphatic rings. The highest BCUT2D eigenvalue weighted by atomic mass is 16.5. The number of benzene rings is 2. The largest absolute Gasteiger partial charge is 0.465 e. The lowest BCUT2D eigenvalue weighted by Gasteiger charge is -2.11. The van der Waals surface area contributed by atoms with E-state index in [1.807, 2.05) is 12.1 Å². The number of nitrogens with one attached hydrogen (secondary N) is 1. The van der Waals surface area contributed by atoms with E-state index < -0.39 is 0 Å². The summed E-state index contributed by atoms with van der Waals surface area (Å²) in [5.74, 6) is -0.319. The summed E-state index contributed by atoms with van der Waals surface area (Å²) < 4.78 is 4.72. The van der Waals surface area contributed by atoms with Gasteiger partial charge < -0.3 is 10.1 Å². The summed E-state index contributed by atoms with van der Waals surface area (Å²) in [4.78, 5) is 11.5. The van der Waals surface area contributed by atoms with Crippen molar-refractivity contribution >= 4 is 11.7 Å². The van der Waals surface area contributed by atoms with E-state index in [4.69, 9.17) is 4.74 Å². The van der Waals surface area contributed by atoms with E-state index in [0.717, 1.165) is 12.2 Å². The van der Waals surface area contributed by atoms with Crippen LogP contribution in [0.1, 0.15) is 27.0 Å². The number of hydrogen-bond acceptors (Lipinski definition) is 3. The zero-order chi connectivity index (χ0) is 14.5. The minimum atomic E-state index is -0.319. The number of ether oxygens (including phenoxy) is 1. The standard InChI is InChI=1S/C17H19NO2/c1-12-7-8-13(2)15(9-12)11-18-16-6-4-5-14(10-16)17(19)20-3/h4-10,18H,11H2,1-3H3. The number of aryl methyl sites for hydroxylation is 2. The lowest BCUT2D eigenvalue weighted by Crippen LogP contribution is -2.04. The molecule has 3 nitrogen and oxygen atoms in total. The lowest BCUT2D eigenvalue weighted by atomic mass is 10.1. The van der Waals surface area contributed by atoms with Gasteiger partial charge in [0.1, 0.15) is 0 Å². The Bertz CT molecular complexity index is 620. The van der Waals surface area contributed by atoms with E-state index in [1.54, 1.807) is 12.1 Å². The maximum atomic E-state index is 11.5. The average molecular weight is 269 g/mol. The topological polar surface area (TPSA) is 38.3 Å². The quantitative estimate of drug-likeness (QED) is 0.860. The highest BCUT2D eigenvalue weighted by Crippen LogP contribution is 2.15. The Hall–Kier alpha value is -2.29. The molecule has 0 saturated heterocycles. The maximum absolute atomic E-state index is 11.5. The van der Waals surface area contributed by atoms with Gasteiger partial charge in [-0.1, -0.05) is 29.8 Å². The number of hydrogen-bond donors (Lipinski definition) is 1. The summed E-state index contributed by atoms with van der Waals surface area (Å²) in [6.45, 7) is 4.92. The molecule has 0 aliphatic heterocycles. The van der Waals surface area contributed by atoms with Crippen LogP contribution in [0.3, 0.4) is 0 Å². The number of rotatable bonds is 4.